The predicted molar refractivity (Wildman–Crippen MR) is 460 cm³/mol. The number of nitrogens with one attached hydrogen (secondary N) is 1. The van der Waals surface area contributed by atoms with Crippen molar-refractivity contribution in [1.29, 1.82) is 0 Å². The molecule has 6 N–H and O–H groups in total. The molecule has 1 unspecified atom stereocenters. The summed E-state index contributed by atoms with van der Waals surface area (Å²) in [6.07, 6.45) is 0. The molecule has 12 aromatic rings. The summed E-state index contributed by atoms with van der Waals surface area (Å²) in [5, 5.41) is 29.8. The van der Waals surface area contributed by atoms with Crippen LogP contribution in [-0.2, 0) is 57.3 Å². The van der Waals surface area contributed by atoms with Crippen LogP contribution in [0.25, 0.3) is 33.4 Å². The number of nitrogen functional groups attached to an aromatic ring is 1. The summed E-state index contributed by atoms with van der Waals surface area (Å²) in [7, 11) is -2.91. The van der Waals surface area contributed by atoms with Gasteiger partial charge >= 0.3 is 0 Å². The first-order valence-corrected chi connectivity index (χ1v) is 42.6. The lowest BCUT2D eigenvalue weighted by Crippen LogP contribution is -2.32. The van der Waals surface area contributed by atoms with Crippen molar-refractivity contribution in [2.24, 2.45) is 0 Å². The summed E-state index contributed by atoms with van der Waals surface area (Å²) in [6, 6.07) is 71.8. The van der Waals surface area contributed by atoms with Gasteiger partial charge in [0.25, 0.3) is 29.1 Å². The molecule has 0 saturated carbocycles. The topological polar surface area (TPSA) is 291 Å². The Morgan fingerprint density at radius 1 is 0.447 bits per heavy atom. The molecule has 1 atom stereocenters. The van der Waals surface area contributed by atoms with E-state index < -0.39 is 56.9 Å². The van der Waals surface area contributed by atoms with Crippen LogP contribution in [0.5, 0.6) is 40.2 Å². The maximum atomic E-state index is 14.9. The van der Waals surface area contributed by atoms with E-state index in [4.69, 9.17) is 142 Å². The molecule has 33 heteroatoms. The number of hydrogen-bond donors (Lipinski definition) is 5. The number of aromatic hydroxyl groups is 3. The highest BCUT2D eigenvalue weighted by Gasteiger charge is 2.35. The van der Waals surface area contributed by atoms with Gasteiger partial charge in [0.15, 0.2) is 17.2 Å². The lowest BCUT2D eigenvalue weighted by molar-refractivity contribution is 0.297. The van der Waals surface area contributed by atoms with Crippen molar-refractivity contribution >= 4 is 173 Å². The fourth-order valence-corrected chi connectivity index (χ4v) is 17.5. The molecule has 0 amide bonds. The highest BCUT2D eigenvalue weighted by molar-refractivity contribution is 8.13. The van der Waals surface area contributed by atoms with Crippen molar-refractivity contribution in [2.75, 3.05) is 36.1 Å². The maximum Gasteiger partial charge on any atom is 0.268 e. The van der Waals surface area contributed by atoms with Crippen molar-refractivity contribution in [3.8, 4) is 73.6 Å². The molecule has 0 spiro atoms. The Kier molecular flexibility index (Phi) is 34.9. The van der Waals surface area contributed by atoms with Gasteiger partial charge in [-0.1, -0.05) is 263 Å². The summed E-state index contributed by atoms with van der Waals surface area (Å²) in [5.74, 6) is 0.412. The van der Waals surface area contributed by atoms with Gasteiger partial charge in [-0.2, -0.15) is 3.74 Å². The van der Waals surface area contributed by atoms with Gasteiger partial charge in [0, 0.05) is 30.8 Å². The van der Waals surface area contributed by atoms with E-state index in [1.807, 2.05) is 176 Å². The summed E-state index contributed by atoms with van der Waals surface area (Å²) >= 11 is 49.3. The number of ether oxygens (including phenoxy) is 4. The minimum Gasteiger partial charge on any atom is -0.749 e. The number of benzene rings is 12. The zero-order valence-corrected chi connectivity index (χ0v) is 71.8. The van der Waals surface area contributed by atoms with Crippen LogP contribution in [0.15, 0.2) is 251 Å². The lowest BCUT2D eigenvalue weighted by Gasteiger charge is -2.29. The second kappa shape index (κ2) is 42.9. The van der Waals surface area contributed by atoms with Gasteiger partial charge in [-0.3, -0.25) is 9.03 Å². The van der Waals surface area contributed by atoms with Gasteiger partial charge in [-0.15, -0.1) is 0 Å². The number of sulfonamides is 2. The standard InChI is InChI=1S/C34H29Cl2NO4S.C20H17Cl2NO4S.C13H13NO.C7H5Cl3O3S.C7H6Cl2O.ClHO3S/c1-24-29(35)21-30(36)33(41-23-26-14-8-4-9-15-26)34(24)42(38,39)37(22-25-12-6-3-7-13-25)31-20-28(18-19-32(31)40-2)27-16-10-5-11-17-27;1-12-15(21)11-16(22)19(24)20(12)28(25,26)23-17-10-14(8-9-18(17)27-2)13-6-4-3-5-7-13;1-15-13-8-7-11(9-12(13)14)10-5-3-2-4-6-10;1-3-4(8)2-5(9)6(11)7(3)14(10,12)13;1-4-2-7(10)6(9)3-5(4)8;1-4-5(2)3/h3-21H,22-23H2,1-2H3;3-11,23-24H,1-2H3;2-9H,14H2,1H3;2,11H,1H3;2-3,10H,1H3;(H,2,3)/p-1. The highest BCUT2D eigenvalue weighted by atomic mass is 35.7. The van der Waals surface area contributed by atoms with Crippen molar-refractivity contribution in [3.63, 3.8) is 0 Å². The van der Waals surface area contributed by atoms with Gasteiger partial charge in [0.2, 0.25) is 0 Å². The third-order valence-electron chi connectivity index (χ3n) is 16.3. The smallest absolute Gasteiger partial charge is 0.268 e. The number of phenols is 3. The van der Waals surface area contributed by atoms with Crippen LogP contribution in [0.3, 0.4) is 0 Å². The van der Waals surface area contributed by atoms with Crippen LogP contribution in [0, 0.1) is 27.7 Å². The number of rotatable bonds is 19. The van der Waals surface area contributed by atoms with Crippen LogP contribution < -0.4 is 33.7 Å². The molecule has 0 bridgehead atoms. The number of anilines is 3. The maximum absolute atomic E-state index is 14.9. The van der Waals surface area contributed by atoms with E-state index in [1.54, 1.807) is 39.2 Å². The number of hydrogen-bond acceptors (Lipinski definition) is 17. The Balaban J connectivity index is 0.000000213. The normalized spacial score (nSPS) is 11.2. The molecule has 19 nitrogen and oxygen atoms in total. The molecular weight excluding hydrogens is 1750 g/mol. The largest absolute Gasteiger partial charge is 0.749 e. The van der Waals surface area contributed by atoms with Crippen molar-refractivity contribution < 1.29 is 72.0 Å². The fraction of sp³-hybridized carbons (Fsp3) is 0.111. The molecule has 0 aromatic heterocycles. The summed E-state index contributed by atoms with van der Waals surface area (Å²) in [6.45, 7) is 6.52. The second-order valence-corrected chi connectivity index (χ2v) is 34.0. The third-order valence-corrected chi connectivity index (χ3v) is 24.4. The molecule has 0 aliphatic rings. The van der Waals surface area contributed by atoms with Crippen molar-refractivity contribution in [2.45, 2.75) is 55.5 Å². The van der Waals surface area contributed by atoms with E-state index in [0.29, 0.717) is 33.5 Å². The molecule has 114 heavy (non-hydrogen) atoms. The van der Waals surface area contributed by atoms with Gasteiger partial charge in [-0.05, 0) is 161 Å². The van der Waals surface area contributed by atoms with E-state index in [-0.39, 0.29) is 86.4 Å². The van der Waals surface area contributed by atoms with Crippen LogP contribution in [0.4, 0.5) is 17.1 Å². The fourth-order valence-electron chi connectivity index (χ4n) is 10.7. The van der Waals surface area contributed by atoms with E-state index in [1.165, 1.54) is 62.7 Å². The Hall–Kier alpha value is -8.54. The van der Waals surface area contributed by atoms with Gasteiger partial charge < -0.3 is 44.6 Å². The van der Waals surface area contributed by atoms with Crippen molar-refractivity contribution in [3.05, 3.63) is 310 Å². The molecule has 0 aliphatic carbocycles. The summed E-state index contributed by atoms with van der Waals surface area (Å²) in [5.41, 5.74) is 16.0. The molecule has 0 fully saturated rings. The summed E-state index contributed by atoms with van der Waals surface area (Å²) in [4.78, 5) is -0.923. The first-order chi connectivity index (χ1) is 54.0. The quantitative estimate of drug-likeness (QED) is 0.0286. The Labute approximate surface area is 713 Å². The summed E-state index contributed by atoms with van der Waals surface area (Å²) < 4.78 is 125. The van der Waals surface area contributed by atoms with Crippen molar-refractivity contribution in [1.82, 2.24) is 0 Å². The molecule has 0 heterocycles. The van der Waals surface area contributed by atoms with E-state index in [0.717, 1.165) is 55.8 Å². The first-order valence-electron chi connectivity index (χ1n) is 33.0. The van der Waals surface area contributed by atoms with Gasteiger partial charge in [0.05, 0.1) is 76.9 Å². The number of nitrogens with zero attached hydrogens (tertiary/aromatic N) is 1. The number of methoxy groups -OCH3 is 3. The molecule has 0 aliphatic heterocycles. The Morgan fingerprint density at radius 2 is 0.833 bits per heavy atom. The van der Waals surface area contributed by atoms with E-state index in [9.17, 15) is 35.5 Å². The predicted octanol–water partition coefficient (Wildman–Crippen LogP) is 23.3. The van der Waals surface area contributed by atoms with Crippen LogP contribution in [-0.4, -0.2) is 70.7 Å². The second-order valence-electron chi connectivity index (χ2n) is 23.9. The SMILES string of the molecule is COc1ccc(-c2ccccc2)cc1N.COc1ccc(-c2ccccc2)cc1N(Cc1ccccc1)S(=O)(=O)c1c(C)c(Cl)cc(Cl)c1OCc1ccccc1.COc1ccc(-c2ccccc2)cc1NS(=O)(=O)c1c(C)c(Cl)cc(Cl)c1O.Cc1c(Cl)cc(Cl)c(O)c1S(=O)(=O)Cl.Cc1cc(O)c(Cl)cc1Cl.O=S([O-])OCl. The average molecular weight is 1820 g/mol. The van der Waals surface area contributed by atoms with Gasteiger partial charge in [0.1, 0.15) is 55.7 Å². The lowest BCUT2D eigenvalue weighted by atomic mass is 10.0. The first kappa shape index (κ1) is 92.6. The highest BCUT2D eigenvalue weighted by Crippen LogP contribution is 2.46. The van der Waals surface area contributed by atoms with Crippen LogP contribution in [0.1, 0.15) is 33.4 Å². The molecule has 0 saturated heterocycles. The van der Waals surface area contributed by atoms with Gasteiger partial charge in [-0.25, -0.2) is 29.5 Å². The Morgan fingerprint density at radius 3 is 1.27 bits per heavy atom. The van der Waals surface area contributed by atoms with Crippen LogP contribution >= 0.6 is 115 Å². The zero-order chi connectivity index (χ0) is 83.9. The molecule has 0 radical (unpaired) electrons. The molecule has 12 rings (SSSR count). The minimum atomic E-state index is -4.34. The molecule has 600 valence electrons. The zero-order valence-electron chi connectivity index (χ0n) is 61.0. The molecule has 12 aromatic carbocycles. The van der Waals surface area contributed by atoms with E-state index >= 15 is 0 Å². The number of phenolic OH excluding ortho intramolecular Hbond substituents is 3. The third kappa shape index (κ3) is 25.0. The number of nitrogens with two attached hydrogens (primary N) is 1. The molecular formula is C81H70Cl10N3O16S4-. The Bertz CT molecular complexity index is 5610. The van der Waals surface area contributed by atoms with E-state index in [2.05, 4.69) is 32.5 Å². The number of aryl methyl sites for hydroxylation is 1. The van der Waals surface area contributed by atoms with Crippen LogP contribution in [0.2, 0.25) is 40.2 Å². The minimum absolute atomic E-state index is 0.0273. The number of halogens is 10. The average Bonchev–Trinajstić information content (AvgIpc) is 0.747. The monoisotopic (exact) mass is 1820 g/mol.